The summed E-state index contributed by atoms with van der Waals surface area (Å²) in [6.45, 7) is 7.48. The number of likely N-dealkylation sites (tertiary alicyclic amines) is 1. The number of amides is 1. The number of nitrogens with zero attached hydrogens (tertiary/aromatic N) is 1. The smallest absolute Gasteiger partial charge is 0.251 e. The van der Waals surface area contributed by atoms with E-state index in [-0.39, 0.29) is 5.91 Å². The molecule has 0 spiro atoms. The number of piperidine rings is 1. The third-order valence-corrected chi connectivity index (χ3v) is 4.88. The van der Waals surface area contributed by atoms with Gasteiger partial charge in [-0.25, -0.2) is 0 Å². The van der Waals surface area contributed by atoms with Gasteiger partial charge in [-0.05, 0) is 68.5 Å². The molecule has 23 heavy (non-hydrogen) atoms. The minimum atomic E-state index is 0.0336. The van der Waals surface area contributed by atoms with E-state index in [1.54, 1.807) is 0 Å². The Hall–Kier alpha value is -1.55. The fourth-order valence-corrected chi connectivity index (χ4v) is 3.58. The lowest BCUT2D eigenvalue weighted by Gasteiger charge is -2.30. The van der Waals surface area contributed by atoms with Crippen molar-refractivity contribution < 1.29 is 9.53 Å². The van der Waals surface area contributed by atoms with Gasteiger partial charge in [0.05, 0.1) is 6.61 Å². The van der Waals surface area contributed by atoms with Crippen LogP contribution in [0.25, 0.3) is 0 Å². The number of ether oxygens (including phenoxy) is 1. The van der Waals surface area contributed by atoms with Crippen LogP contribution in [0.1, 0.15) is 48.5 Å². The van der Waals surface area contributed by atoms with E-state index in [2.05, 4.69) is 17.1 Å². The largest absolute Gasteiger partial charge is 0.493 e. The molecule has 0 aromatic heterocycles. The molecule has 1 amide bonds. The van der Waals surface area contributed by atoms with E-state index < -0.39 is 0 Å². The third kappa shape index (κ3) is 4.47. The SMILES string of the molecule is C[C@H]1CCCN(CCCCNC(=O)c2ccc3c(c2)CCO3)C1. The minimum Gasteiger partial charge on any atom is -0.493 e. The van der Waals surface area contributed by atoms with Crippen LogP contribution in [-0.2, 0) is 6.42 Å². The molecule has 4 nitrogen and oxygen atoms in total. The van der Waals surface area contributed by atoms with Crippen molar-refractivity contribution >= 4 is 5.91 Å². The molecule has 1 N–H and O–H groups in total. The van der Waals surface area contributed by atoms with Gasteiger partial charge in [-0.3, -0.25) is 4.79 Å². The highest BCUT2D eigenvalue weighted by molar-refractivity contribution is 5.94. The highest BCUT2D eigenvalue weighted by Crippen LogP contribution is 2.25. The Kier molecular flexibility index (Phi) is 5.55. The average Bonchev–Trinajstić information content (AvgIpc) is 3.02. The van der Waals surface area contributed by atoms with Crippen molar-refractivity contribution in [2.45, 2.75) is 39.0 Å². The van der Waals surface area contributed by atoms with Gasteiger partial charge in [0.25, 0.3) is 5.91 Å². The molecule has 1 saturated heterocycles. The molecular formula is C19H28N2O2. The first kappa shape index (κ1) is 16.3. The van der Waals surface area contributed by atoms with Crippen LogP contribution in [0.4, 0.5) is 0 Å². The van der Waals surface area contributed by atoms with Crippen molar-refractivity contribution in [2.24, 2.45) is 5.92 Å². The minimum absolute atomic E-state index is 0.0336. The van der Waals surface area contributed by atoms with Gasteiger partial charge < -0.3 is 15.0 Å². The Labute approximate surface area is 139 Å². The molecule has 4 heteroatoms. The van der Waals surface area contributed by atoms with Gasteiger partial charge in [0.15, 0.2) is 0 Å². The maximum absolute atomic E-state index is 12.2. The molecule has 1 aromatic carbocycles. The number of benzene rings is 1. The first-order valence-electron chi connectivity index (χ1n) is 8.98. The number of rotatable bonds is 6. The van der Waals surface area contributed by atoms with Crippen molar-refractivity contribution in [1.29, 1.82) is 0 Å². The summed E-state index contributed by atoms with van der Waals surface area (Å²) >= 11 is 0. The summed E-state index contributed by atoms with van der Waals surface area (Å²) in [6.07, 6.45) is 5.82. The van der Waals surface area contributed by atoms with E-state index in [9.17, 15) is 4.79 Å². The van der Waals surface area contributed by atoms with Gasteiger partial charge in [0, 0.05) is 25.1 Å². The summed E-state index contributed by atoms with van der Waals surface area (Å²) in [6, 6.07) is 5.73. The summed E-state index contributed by atoms with van der Waals surface area (Å²) in [4.78, 5) is 14.8. The van der Waals surface area contributed by atoms with Gasteiger partial charge in [0.1, 0.15) is 5.75 Å². The van der Waals surface area contributed by atoms with Gasteiger partial charge in [-0.15, -0.1) is 0 Å². The van der Waals surface area contributed by atoms with Gasteiger partial charge in [-0.1, -0.05) is 6.92 Å². The molecule has 1 atom stereocenters. The predicted molar refractivity (Wildman–Crippen MR) is 92.0 cm³/mol. The number of carbonyl (C=O) groups excluding carboxylic acids is 1. The second-order valence-electron chi connectivity index (χ2n) is 6.93. The Morgan fingerprint density at radius 3 is 3.17 bits per heavy atom. The maximum Gasteiger partial charge on any atom is 0.251 e. The average molecular weight is 316 g/mol. The summed E-state index contributed by atoms with van der Waals surface area (Å²) in [7, 11) is 0. The molecule has 2 aliphatic heterocycles. The zero-order valence-corrected chi connectivity index (χ0v) is 14.1. The molecular weight excluding hydrogens is 288 g/mol. The topological polar surface area (TPSA) is 41.6 Å². The Morgan fingerprint density at radius 2 is 2.30 bits per heavy atom. The standard InChI is InChI=1S/C19H28N2O2/c1-15-5-4-11-21(14-15)10-3-2-9-20-19(22)17-6-7-18-16(13-17)8-12-23-18/h6-7,13,15H,2-5,8-12,14H2,1H3,(H,20,22)/t15-/m0/s1. The first-order chi connectivity index (χ1) is 11.2. The number of fused-ring (bicyclic) bond motifs is 1. The van der Waals surface area contributed by atoms with E-state index in [4.69, 9.17) is 4.74 Å². The molecule has 0 saturated carbocycles. The second-order valence-corrected chi connectivity index (χ2v) is 6.93. The Bertz CT molecular complexity index is 544. The zero-order chi connectivity index (χ0) is 16.1. The molecule has 0 radical (unpaired) electrons. The van der Waals surface area contributed by atoms with E-state index in [1.807, 2.05) is 18.2 Å². The highest BCUT2D eigenvalue weighted by Gasteiger charge is 2.16. The lowest BCUT2D eigenvalue weighted by molar-refractivity contribution is 0.0952. The number of hydrogen-bond acceptors (Lipinski definition) is 3. The van der Waals surface area contributed by atoms with Crippen LogP contribution in [0.3, 0.4) is 0 Å². The summed E-state index contributed by atoms with van der Waals surface area (Å²) in [5.41, 5.74) is 1.90. The molecule has 3 rings (SSSR count). The van der Waals surface area contributed by atoms with E-state index in [0.29, 0.717) is 0 Å². The van der Waals surface area contributed by atoms with Crippen molar-refractivity contribution in [3.63, 3.8) is 0 Å². The normalized spacial score (nSPS) is 20.8. The number of hydrogen-bond donors (Lipinski definition) is 1. The summed E-state index contributed by atoms with van der Waals surface area (Å²) < 4.78 is 5.48. The molecule has 0 unspecified atom stereocenters. The molecule has 2 aliphatic rings. The van der Waals surface area contributed by atoms with Crippen molar-refractivity contribution in [2.75, 3.05) is 32.8 Å². The van der Waals surface area contributed by atoms with Crippen LogP contribution in [0.15, 0.2) is 18.2 Å². The zero-order valence-electron chi connectivity index (χ0n) is 14.1. The Morgan fingerprint density at radius 1 is 1.39 bits per heavy atom. The molecule has 2 heterocycles. The van der Waals surface area contributed by atoms with Gasteiger partial charge >= 0.3 is 0 Å². The lowest BCUT2D eigenvalue weighted by Crippen LogP contribution is -2.35. The van der Waals surface area contributed by atoms with Crippen LogP contribution in [-0.4, -0.2) is 43.6 Å². The van der Waals surface area contributed by atoms with E-state index >= 15 is 0 Å². The quantitative estimate of drug-likeness (QED) is 0.821. The highest BCUT2D eigenvalue weighted by atomic mass is 16.5. The predicted octanol–water partition coefficient (Wildman–Crippen LogP) is 2.86. The molecule has 1 fully saturated rings. The number of unbranched alkanes of at least 4 members (excludes halogenated alkanes) is 1. The van der Waals surface area contributed by atoms with Crippen LogP contribution in [0.5, 0.6) is 5.75 Å². The van der Waals surface area contributed by atoms with E-state index in [1.165, 1.54) is 25.9 Å². The maximum atomic E-state index is 12.2. The van der Waals surface area contributed by atoms with Crippen molar-refractivity contribution in [3.05, 3.63) is 29.3 Å². The van der Waals surface area contributed by atoms with Crippen LogP contribution in [0.2, 0.25) is 0 Å². The molecule has 0 aliphatic carbocycles. The van der Waals surface area contributed by atoms with Gasteiger partial charge in [0.2, 0.25) is 0 Å². The van der Waals surface area contributed by atoms with Gasteiger partial charge in [-0.2, -0.15) is 0 Å². The lowest BCUT2D eigenvalue weighted by atomic mass is 10.0. The van der Waals surface area contributed by atoms with Crippen LogP contribution in [0, 0.1) is 5.92 Å². The number of carbonyl (C=O) groups is 1. The van der Waals surface area contributed by atoms with Crippen molar-refractivity contribution in [3.8, 4) is 5.75 Å². The van der Waals surface area contributed by atoms with Crippen LogP contribution >= 0.6 is 0 Å². The Balaban J connectivity index is 1.35. The second kappa shape index (κ2) is 7.82. The molecule has 1 aromatic rings. The van der Waals surface area contributed by atoms with E-state index in [0.717, 1.165) is 61.8 Å². The van der Waals surface area contributed by atoms with Crippen LogP contribution < -0.4 is 10.1 Å². The van der Waals surface area contributed by atoms with Crippen molar-refractivity contribution in [1.82, 2.24) is 10.2 Å². The third-order valence-electron chi connectivity index (χ3n) is 4.88. The molecule has 0 bridgehead atoms. The fraction of sp³-hybridized carbons (Fsp3) is 0.632. The first-order valence-corrected chi connectivity index (χ1v) is 8.98. The fourth-order valence-electron chi connectivity index (χ4n) is 3.58. The summed E-state index contributed by atoms with van der Waals surface area (Å²) in [5, 5.41) is 3.04. The number of nitrogens with one attached hydrogen (secondary N) is 1. The summed E-state index contributed by atoms with van der Waals surface area (Å²) in [5.74, 6) is 1.80. The monoisotopic (exact) mass is 316 g/mol. The molecule has 126 valence electrons.